The molecule has 21 heavy (non-hydrogen) atoms. The summed E-state index contributed by atoms with van der Waals surface area (Å²) in [6.45, 7) is 1.75. The Morgan fingerprint density at radius 3 is 2.71 bits per heavy atom. The molecule has 2 rings (SSSR count). The molecule has 1 heterocycles. The van der Waals surface area contributed by atoms with Gasteiger partial charge in [0.2, 0.25) is 5.91 Å². The molecule has 108 valence electrons. The van der Waals surface area contributed by atoms with Crippen molar-refractivity contribution in [3.63, 3.8) is 0 Å². The summed E-state index contributed by atoms with van der Waals surface area (Å²) in [4.78, 5) is 23.4. The van der Waals surface area contributed by atoms with E-state index in [1.807, 2.05) is 0 Å². The van der Waals surface area contributed by atoms with E-state index in [9.17, 15) is 9.59 Å². The zero-order valence-electron chi connectivity index (χ0n) is 11.8. The van der Waals surface area contributed by atoms with Crippen LogP contribution in [0.4, 0.5) is 5.69 Å². The molecule has 0 unspecified atom stereocenters. The van der Waals surface area contributed by atoms with Crippen molar-refractivity contribution in [3.05, 3.63) is 59.6 Å². The topological polar surface area (TPSA) is 68.5 Å². The number of carbonyl (C=O) groups excluding carboxylic acids is 2. The van der Waals surface area contributed by atoms with Gasteiger partial charge in [0.05, 0.1) is 18.9 Å². The lowest BCUT2D eigenvalue weighted by Gasteiger charge is -2.10. The number of esters is 1. The van der Waals surface area contributed by atoms with Crippen LogP contribution in [0.5, 0.6) is 0 Å². The second-order valence-electron chi connectivity index (χ2n) is 4.31. The molecule has 1 aromatic heterocycles. The minimum absolute atomic E-state index is 0.309. The highest BCUT2D eigenvalue weighted by Gasteiger charge is 2.12. The highest BCUT2D eigenvalue weighted by atomic mass is 16.5. The summed E-state index contributed by atoms with van der Waals surface area (Å²) < 4.78 is 9.79. The van der Waals surface area contributed by atoms with Gasteiger partial charge in [0.25, 0.3) is 0 Å². The molecule has 0 radical (unpaired) electrons. The first-order valence-electron chi connectivity index (χ1n) is 6.32. The highest BCUT2D eigenvalue weighted by Crippen LogP contribution is 2.19. The molecule has 1 N–H and O–H groups in total. The number of benzene rings is 1. The van der Waals surface area contributed by atoms with Crippen LogP contribution in [0.3, 0.4) is 0 Å². The van der Waals surface area contributed by atoms with E-state index in [-0.39, 0.29) is 5.91 Å². The number of furan rings is 1. The summed E-state index contributed by atoms with van der Waals surface area (Å²) >= 11 is 0. The summed E-state index contributed by atoms with van der Waals surface area (Å²) in [5.74, 6) is -0.156. The molecule has 1 aromatic carbocycles. The first-order valence-corrected chi connectivity index (χ1v) is 6.32. The third-order valence-electron chi connectivity index (χ3n) is 2.94. The summed E-state index contributed by atoms with van der Waals surface area (Å²) in [6.07, 6.45) is 4.46. The number of amides is 1. The fourth-order valence-corrected chi connectivity index (χ4v) is 1.82. The second-order valence-corrected chi connectivity index (χ2v) is 4.31. The molecule has 5 nitrogen and oxygen atoms in total. The van der Waals surface area contributed by atoms with Crippen LogP contribution >= 0.6 is 0 Å². The normalized spacial score (nSPS) is 10.6. The van der Waals surface area contributed by atoms with Gasteiger partial charge in [-0.25, -0.2) is 4.79 Å². The van der Waals surface area contributed by atoms with Crippen LogP contribution in [0, 0.1) is 6.92 Å². The number of hydrogen-bond donors (Lipinski definition) is 1. The number of ether oxygens (including phenoxy) is 1. The van der Waals surface area contributed by atoms with Gasteiger partial charge in [-0.05, 0) is 42.8 Å². The Morgan fingerprint density at radius 2 is 2.05 bits per heavy atom. The molecule has 0 saturated heterocycles. The first kappa shape index (κ1) is 14.6. The van der Waals surface area contributed by atoms with Crippen molar-refractivity contribution in [2.24, 2.45) is 0 Å². The average molecular weight is 285 g/mol. The summed E-state index contributed by atoms with van der Waals surface area (Å²) in [6, 6.07) is 8.54. The zero-order valence-corrected chi connectivity index (χ0v) is 11.8. The van der Waals surface area contributed by atoms with Crippen LogP contribution < -0.4 is 5.32 Å². The number of methoxy groups -OCH3 is 1. The molecule has 0 fully saturated rings. The van der Waals surface area contributed by atoms with E-state index >= 15 is 0 Å². The lowest BCUT2D eigenvalue weighted by Crippen LogP contribution is -2.11. The number of anilines is 1. The van der Waals surface area contributed by atoms with E-state index in [0.717, 1.165) is 0 Å². The predicted octanol–water partition coefficient (Wildman–Crippen LogP) is 3.03. The number of rotatable bonds is 4. The maximum Gasteiger partial charge on any atom is 0.338 e. The van der Waals surface area contributed by atoms with Gasteiger partial charge in [-0.3, -0.25) is 4.79 Å². The van der Waals surface area contributed by atoms with E-state index in [2.05, 4.69) is 5.32 Å². The summed E-state index contributed by atoms with van der Waals surface area (Å²) in [7, 11) is 1.32. The Balaban J connectivity index is 2.12. The Kier molecular flexibility index (Phi) is 4.56. The van der Waals surface area contributed by atoms with Crippen LogP contribution in [0.1, 0.15) is 21.7 Å². The third-order valence-corrected chi connectivity index (χ3v) is 2.94. The van der Waals surface area contributed by atoms with Crippen molar-refractivity contribution >= 4 is 23.6 Å². The van der Waals surface area contributed by atoms with Gasteiger partial charge in [0.15, 0.2) is 0 Å². The maximum atomic E-state index is 11.9. The molecule has 0 atom stereocenters. The maximum absolute atomic E-state index is 11.9. The van der Waals surface area contributed by atoms with Crippen molar-refractivity contribution < 1.29 is 18.7 Å². The molecule has 5 heteroatoms. The average Bonchev–Trinajstić information content (AvgIpc) is 3.00. The van der Waals surface area contributed by atoms with Gasteiger partial charge in [-0.1, -0.05) is 6.07 Å². The van der Waals surface area contributed by atoms with Gasteiger partial charge in [-0.15, -0.1) is 0 Å². The molecule has 0 aliphatic carbocycles. The number of carbonyl (C=O) groups is 2. The monoisotopic (exact) mass is 285 g/mol. The van der Waals surface area contributed by atoms with Crippen LogP contribution in [-0.4, -0.2) is 19.0 Å². The lowest BCUT2D eigenvalue weighted by atomic mass is 10.1. The van der Waals surface area contributed by atoms with E-state index in [1.165, 1.54) is 19.4 Å². The van der Waals surface area contributed by atoms with Crippen molar-refractivity contribution in [2.75, 3.05) is 12.4 Å². The Labute approximate surface area is 122 Å². The minimum atomic E-state index is -0.435. The smallest absolute Gasteiger partial charge is 0.338 e. The van der Waals surface area contributed by atoms with Crippen molar-refractivity contribution in [3.8, 4) is 0 Å². The van der Waals surface area contributed by atoms with Gasteiger partial charge >= 0.3 is 5.97 Å². The fourth-order valence-electron chi connectivity index (χ4n) is 1.82. The van der Waals surface area contributed by atoms with Gasteiger partial charge < -0.3 is 14.5 Å². The zero-order chi connectivity index (χ0) is 15.2. The predicted molar refractivity (Wildman–Crippen MR) is 78.9 cm³/mol. The molecule has 0 saturated carbocycles. The fraction of sp³-hybridized carbons (Fsp3) is 0.125. The van der Waals surface area contributed by atoms with E-state index in [4.69, 9.17) is 9.15 Å². The molecular weight excluding hydrogens is 270 g/mol. The summed E-state index contributed by atoms with van der Waals surface area (Å²) in [5.41, 5.74) is 1.64. The van der Waals surface area contributed by atoms with Crippen LogP contribution in [0.2, 0.25) is 0 Å². The Morgan fingerprint density at radius 1 is 1.24 bits per heavy atom. The Hall–Kier alpha value is -2.82. The van der Waals surface area contributed by atoms with Gasteiger partial charge in [-0.2, -0.15) is 0 Å². The SMILES string of the molecule is COC(=O)c1cccc(NC(=O)C=Cc2ccco2)c1C. The molecule has 0 bridgehead atoms. The van der Waals surface area contributed by atoms with Crippen LogP contribution in [0.25, 0.3) is 6.08 Å². The van der Waals surface area contributed by atoms with Crippen molar-refractivity contribution in [1.29, 1.82) is 0 Å². The minimum Gasteiger partial charge on any atom is -0.465 e. The van der Waals surface area contributed by atoms with Crippen LogP contribution in [-0.2, 0) is 9.53 Å². The van der Waals surface area contributed by atoms with E-state index in [0.29, 0.717) is 22.6 Å². The molecular formula is C16H15NO4. The molecule has 0 aliphatic heterocycles. The number of hydrogen-bond acceptors (Lipinski definition) is 4. The van der Waals surface area contributed by atoms with E-state index < -0.39 is 5.97 Å². The summed E-state index contributed by atoms with van der Waals surface area (Å²) in [5, 5.41) is 2.72. The Bertz CT molecular complexity index is 672. The van der Waals surface area contributed by atoms with Crippen molar-refractivity contribution in [1.82, 2.24) is 0 Å². The molecule has 0 aliphatic rings. The number of nitrogens with one attached hydrogen (secondary N) is 1. The van der Waals surface area contributed by atoms with Gasteiger partial charge in [0, 0.05) is 11.8 Å². The second kappa shape index (κ2) is 6.56. The largest absolute Gasteiger partial charge is 0.465 e. The van der Waals surface area contributed by atoms with E-state index in [1.54, 1.807) is 43.3 Å². The van der Waals surface area contributed by atoms with Crippen LogP contribution in [0.15, 0.2) is 47.1 Å². The standard InChI is InChI=1S/C16H15NO4/c1-11-13(16(19)20-2)6-3-7-14(11)17-15(18)9-8-12-5-4-10-21-12/h3-10H,1-2H3,(H,17,18). The molecule has 0 spiro atoms. The van der Waals surface area contributed by atoms with Crippen molar-refractivity contribution in [2.45, 2.75) is 6.92 Å². The van der Waals surface area contributed by atoms with Gasteiger partial charge in [0.1, 0.15) is 5.76 Å². The quantitative estimate of drug-likeness (QED) is 0.692. The molecule has 2 aromatic rings. The first-order chi connectivity index (χ1) is 10.1. The third kappa shape index (κ3) is 3.60. The molecule has 1 amide bonds. The lowest BCUT2D eigenvalue weighted by molar-refractivity contribution is -0.111. The highest BCUT2D eigenvalue weighted by molar-refractivity contribution is 6.03.